The van der Waals surface area contributed by atoms with Crippen LogP contribution in [0.25, 0.3) is 6.08 Å². The van der Waals surface area contributed by atoms with Gasteiger partial charge in [-0.05, 0) is 37.3 Å². The van der Waals surface area contributed by atoms with E-state index >= 15 is 0 Å². The van der Waals surface area contributed by atoms with Gasteiger partial charge in [-0.2, -0.15) is 0 Å². The average molecular weight is 293 g/mol. The first-order valence-electron chi connectivity index (χ1n) is 6.78. The van der Waals surface area contributed by atoms with Gasteiger partial charge in [0.1, 0.15) is 0 Å². The van der Waals surface area contributed by atoms with Crippen LogP contribution in [0, 0.1) is 5.41 Å². The van der Waals surface area contributed by atoms with Crippen molar-refractivity contribution in [2.45, 2.75) is 38.6 Å². The standard InChI is InChI=1S/C15H19NO3S/c1-15(14(18)19)9-3-2-6-12(15)16-13(17)8-7-11-5-4-10-20-11/h4-5,7-8,10,12H,2-3,6,9H2,1H3,(H,16,17)(H,18,19)/b8-7+. The molecule has 2 unspecified atom stereocenters. The highest BCUT2D eigenvalue weighted by Crippen LogP contribution is 2.36. The van der Waals surface area contributed by atoms with Crippen molar-refractivity contribution in [1.29, 1.82) is 0 Å². The molecule has 1 fully saturated rings. The number of aliphatic carboxylic acids is 1. The molecule has 0 spiro atoms. The summed E-state index contributed by atoms with van der Waals surface area (Å²) in [5, 5.41) is 14.2. The first-order valence-corrected chi connectivity index (χ1v) is 7.66. The molecule has 2 N–H and O–H groups in total. The molecular weight excluding hydrogens is 274 g/mol. The van der Waals surface area contributed by atoms with Crippen molar-refractivity contribution < 1.29 is 14.7 Å². The van der Waals surface area contributed by atoms with Crippen LogP contribution in [0.1, 0.15) is 37.5 Å². The highest BCUT2D eigenvalue weighted by molar-refractivity contribution is 7.10. The molecule has 2 rings (SSSR count). The molecule has 1 amide bonds. The van der Waals surface area contributed by atoms with Gasteiger partial charge in [0.25, 0.3) is 0 Å². The van der Waals surface area contributed by atoms with Gasteiger partial charge < -0.3 is 10.4 Å². The van der Waals surface area contributed by atoms with Crippen molar-refractivity contribution in [3.63, 3.8) is 0 Å². The van der Waals surface area contributed by atoms with Crippen molar-refractivity contribution in [1.82, 2.24) is 5.32 Å². The fraction of sp³-hybridized carbons (Fsp3) is 0.467. The van der Waals surface area contributed by atoms with Gasteiger partial charge in [-0.25, -0.2) is 0 Å². The van der Waals surface area contributed by atoms with E-state index in [1.165, 1.54) is 6.08 Å². The third kappa shape index (κ3) is 3.28. The summed E-state index contributed by atoms with van der Waals surface area (Å²) < 4.78 is 0. The Morgan fingerprint density at radius 3 is 2.95 bits per heavy atom. The summed E-state index contributed by atoms with van der Waals surface area (Å²) in [7, 11) is 0. The topological polar surface area (TPSA) is 66.4 Å². The molecule has 1 aromatic heterocycles. The number of carbonyl (C=O) groups excluding carboxylic acids is 1. The Balaban J connectivity index is 2.00. The monoisotopic (exact) mass is 293 g/mol. The van der Waals surface area contributed by atoms with Gasteiger partial charge in [-0.15, -0.1) is 11.3 Å². The SMILES string of the molecule is CC1(C(=O)O)CCCCC1NC(=O)/C=C/c1cccs1. The Morgan fingerprint density at radius 2 is 2.30 bits per heavy atom. The van der Waals surface area contributed by atoms with Crippen LogP contribution >= 0.6 is 11.3 Å². The van der Waals surface area contributed by atoms with E-state index in [0.717, 1.165) is 24.1 Å². The lowest BCUT2D eigenvalue weighted by atomic mass is 9.71. The van der Waals surface area contributed by atoms with Crippen LogP contribution < -0.4 is 5.32 Å². The van der Waals surface area contributed by atoms with E-state index in [1.54, 1.807) is 24.3 Å². The lowest BCUT2D eigenvalue weighted by Gasteiger charge is -2.38. The minimum Gasteiger partial charge on any atom is -0.481 e. The van der Waals surface area contributed by atoms with Crippen LogP contribution in [0.4, 0.5) is 0 Å². The molecule has 4 nitrogen and oxygen atoms in total. The van der Waals surface area contributed by atoms with Gasteiger partial charge in [-0.1, -0.05) is 18.9 Å². The van der Waals surface area contributed by atoms with Crippen LogP contribution in [0.3, 0.4) is 0 Å². The van der Waals surface area contributed by atoms with Crippen LogP contribution in [-0.4, -0.2) is 23.0 Å². The zero-order chi connectivity index (χ0) is 14.6. The fourth-order valence-corrected chi connectivity index (χ4v) is 3.20. The summed E-state index contributed by atoms with van der Waals surface area (Å²) in [6, 6.07) is 3.55. The van der Waals surface area contributed by atoms with E-state index in [9.17, 15) is 14.7 Å². The minimum absolute atomic E-state index is 0.224. The molecule has 20 heavy (non-hydrogen) atoms. The lowest BCUT2D eigenvalue weighted by Crippen LogP contribution is -2.51. The average Bonchev–Trinajstić information content (AvgIpc) is 2.92. The van der Waals surface area contributed by atoms with Crippen LogP contribution in [0.5, 0.6) is 0 Å². The lowest BCUT2D eigenvalue weighted by molar-refractivity contribution is -0.151. The maximum absolute atomic E-state index is 11.9. The molecule has 1 aliphatic carbocycles. The van der Waals surface area contributed by atoms with Crippen LogP contribution in [0.2, 0.25) is 0 Å². The second kappa shape index (κ2) is 6.22. The Morgan fingerprint density at radius 1 is 1.50 bits per heavy atom. The molecule has 1 saturated carbocycles. The van der Waals surface area contributed by atoms with Gasteiger partial charge in [0.15, 0.2) is 0 Å². The molecule has 108 valence electrons. The Bertz CT molecular complexity index is 509. The summed E-state index contributed by atoms with van der Waals surface area (Å²) in [6.45, 7) is 1.72. The van der Waals surface area contributed by atoms with Crippen LogP contribution in [-0.2, 0) is 9.59 Å². The molecule has 2 atom stereocenters. The summed E-state index contributed by atoms with van der Waals surface area (Å²) in [4.78, 5) is 24.4. The van der Waals surface area contributed by atoms with E-state index < -0.39 is 11.4 Å². The zero-order valence-electron chi connectivity index (χ0n) is 11.5. The van der Waals surface area contributed by atoms with E-state index in [-0.39, 0.29) is 11.9 Å². The third-order valence-corrected chi connectivity index (χ3v) is 4.79. The number of carboxylic acids is 1. The molecule has 1 heterocycles. The molecule has 0 aromatic carbocycles. The van der Waals surface area contributed by atoms with Gasteiger partial charge >= 0.3 is 5.97 Å². The molecule has 0 bridgehead atoms. The number of hydrogen-bond donors (Lipinski definition) is 2. The normalized spacial score (nSPS) is 26.6. The second-order valence-electron chi connectivity index (χ2n) is 5.38. The third-order valence-electron chi connectivity index (χ3n) is 3.96. The van der Waals surface area contributed by atoms with Gasteiger partial charge in [0.05, 0.1) is 5.41 Å². The predicted octanol–water partition coefficient (Wildman–Crippen LogP) is 2.91. The number of hydrogen-bond acceptors (Lipinski definition) is 3. The molecule has 5 heteroatoms. The summed E-state index contributed by atoms with van der Waals surface area (Å²) >= 11 is 1.55. The Kier molecular flexibility index (Phi) is 4.60. The fourth-order valence-electron chi connectivity index (χ4n) is 2.58. The highest BCUT2D eigenvalue weighted by atomic mass is 32.1. The molecule has 0 aliphatic heterocycles. The van der Waals surface area contributed by atoms with Gasteiger partial charge in [0.2, 0.25) is 5.91 Å². The largest absolute Gasteiger partial charge is 0.481 e. The maximum Gasteiger partial charge on any atom is 0.311 e. The Hall–Kier alpha value is -1.62. The molecule has 0 saturated heterocycles. The van der Waals surface area contributed by atoms with E-state index in [2.05, 4.69) is 5.32 Å². The van der Waals surface area contributed by atoms with Crippen molar-refractivity contribution in [3.05, 3.63) is 28.5 Å². The summed E-state index contributed by atoms with van der Waals surface area (Å²) in [5.74, 6) is -1.05. The van der Waals surface area contributed by atoms with Gasteiger partial charge in [0, 0.05) is 17.0 Å². The number of nitrogens with one attached hydrogen (secondary N) is 1. The molecule has 1 aromatic rings. The first kappa shape index (κ1) is 14.8. The maximum atomic E-state index is 11.9. The van der Waals surface area contributed by atoms with Crippen molar-refractivity contribution in [2.75, 3.05) is 0 Å². The quantitative estimate of drug-likeness (QED) is 0.839. The van der Waals surface area contributed by atoms with Gasteiger partial charge in [-0.3, -0.25) is 9.59 Å². The van der Waals surface area contributed by atoms with Crippen molar-refractivity contribution >= 4 is 29.3 Å². The zero-order valence-corrected chi connectivity index (χ0v) is 12.3. The number of amides is 1. The van der Waals surface area contributed by atoms with Crippen LogP contribution in [0.15, 0.2) is 23.6 Å². The smallest absolute Gasteiger partial charge is 0.311 e. The summed E-state index contributed by atoms with van der Waals surface area (Å²) in [5.41, 5.74) is -0.856. The van der Waals surface area contributed by atoms with E-state index in [0.29, 0.717) is 6.42 Å². The number of carbonyl (C=O) groups is 2. The number of rotatable bonds is 4. The van der Waals surface area contributed by atoms with Crippen molar-refractivity contribution in [3.8, 4) is 0 Å². The molecular formula is C15H19NO3S. The van der Waals surface area contributed by atoms with E-state index in [4.69, 9.17) is 0 Å². The highest BCUT2D eigenvalue weighted by Gasteiger charge is 2.43. The first-order chi connectivity index (χ1) is 9.52. The van der Waals surface area contributed by atoms with Crippen molar-refractivity contribution in [2.24, 2.45) is 5.41 Å². The number of thiophene rings is 1. The summed E-state index contributed by atoms with van der Waals surface area (Å²) in [6.07, 6.45) is 6.43. The van der Waals surface area contributed by atoms with E-state index in [1.807, 2.05) is 17.5 Å². The molecule has 0 radical (unpaired) electrons. The number of carboxylic acid groups (broad SMARTS) is 1. The minimum atomic E-state index is -0.856. The Labute approximate surface area is 122 Å². The second-order valence-corrected chi connectivity index (χ2v) is 6.36. The molecule has 1 aliphatic rings. The predicted molar refractivity (Wildman–Crippen MR) is 79.5 cm³/mol.